The molecule has 13 heavy (non-hydrogen) atoms. The van der Waals surface area contributed by atoms with Crippen LogP contribution in [0.15, 0.2) is 24.3 Å². The minimum Gasteiger partial charge on any atom is -0.465 e. The predicted molar refractivity (Wildman–Crippen MR) is 47.5 cm³/mol. The van der Waals surface area contributed by atoms with Gasteiger partial charge in [0.15, 0.2) is 5.63 Å². The van der Waals surface area contributed by atoms with Crippen molar-refractivity contribution in [3.63, 3.8) is 0 Å². The second-order valence-corrected chi connectivity index (χ2v) is 2.80. The van der Waals surface area contributed by atoms with E-state index in [1.54, 1.807) is 6.07 Å². The largest absolute Gasteiger partial charge is 0.465 e. The number of halogens is 2. The molecule has 0 fully saturated rings. The van der Waals surface area contributed by atoms with Gasteiger partial charge in [-0.25, -0.2) is 9.18 Å². The van der Waals surface area contributed by atoms with Crippen LogP contribution in [0.3, 0.4) is 0 Å². The summed E-state index contributed by atoms with van der Waals surface area (Å²) in [7, 11) is 1.27. The van der Waals surface area contributed by atoms with Crippen LogP contribution in [0.1, 0.15) is 21.6 Å². The Kier molecular flexibility index (Phi) is 3.25. The van der Waals surface area contributed by atoms with Crippen LogP contribution in [-0.4, -0.2) is 13.1 Å². The number of alkyl halides is 2. The molecular weight excluding hydrogens is 195 g/mol. The molecule has 0 N–H and O–H groups in total. The third-order valence-corrected chi connectivity index (χ3v) is 1.81. The van der Waals surface area contributed by atoms with Crippen LogP contribution in [0.25, 0.3) is 0 Å². The lowest BCUT2D eigenvalue weighted by Gasteiger charge is -2.02. The summed E-state index contributed by atoms with van der Waals surface area (Å²) in [6.07, 6.45) is 0. The minimum absolute atomic E-state index is 0.254. The molecule has 0 radical (unpaired) electrons. The lowest BCUT2D eigenvalue weighted by atomic mass is 10.1. The second-order valence-electron chi connectivity index (χ2n) is 2.42. The molecule has 0 saturated carbocycles. The maximum Gasteiger partial charge on any atom is 0.337 e. The van der Waals surface area contributed by atoms with E-state index in [-0.39, 0.29) is 5.56 Å². The molecule has 0 aliphatic heterocycles. The van der Waals surface area contributed by atoms with Crippen molar-refractivity contribution in [3.05, 3.63) is 35.4 Å². The van der Waals surface area contributed by atoms with Crippen LogP contribution in [0.4, 0.5) is 4.39 Å². The van der Waals surface area contributed by atoms with Crippen LogP contribution < -0.4 is 0 Å². The van der Waals surface area contributed by atoms with Gasteiger partial charge in [-0.2, -0.15) is 0 Å². The Balaban J connectivity index is 2.98. The maximum atomic E-state index is 12.6. The lowest BCUT2D eigenvalue weighted by molar-refractivity contribution is 0.0600. The Labute approximate surface area is 80.3 Å². The van der Waals surface area contributed by atoms with Crippen LogP contribution in [-0.2, 0) is 4.74 Å². The van der Waals surface area contributed by atoms with Gasteiger partial charge in [-0.15, -0.1) is 0 Å². The summed E-state index contributed by atoms with van der Waals surface area (Å²) >= 11 is 5.20. The first kappa shape index (κ1) is 9.99. The fraction of sp³-hybridized carbons (Fsp3) is 0.222. The van der Waals surface area contributed by atoms with Crippen molar-refractivity contribution in [1.29, 1.82) is 0 Å². The average Bonchev–Trinajstić information content (AvgIpc) is 2.17. The molecule has 1 aromatic carbocycles. The molecule has 0 bridgehead atoms. The van der Waals surface area contributed by atoms with Crippen LogP contribution in [0.5, 0.6) is 0 Å². The molecule has 1 unspecified atom stereocenters. The predicted octanol–water partition coefficient (Wildman–Crippen LogP) is 2.68. The van der Waals surface area contributed by atoms with E-state index in [1.165, 1.54) is 25.3 Å². The first-order valence-corrected chi connectivity index (χ1v) is 4.05. The summed E-state index contributed by atoms with van der Waals surface area (Å²) in [5.41, 5.74) is -1.04. The van der Waals surface area contributed by atoms with Crippen molar-refractivity contribution in [2.75, 3.05) is 7.11 Å². The molecule has 1 rings (SSSR count). The zero-order valence-corrected chi connectivity index (χ0v) is 7.72. The standard InChI is InChI=1S/C9H8ClFO2/c1-13-9(12)7-4-2-3-6(5-7)8(10)11/h2-5,8H,1H3. The summed E-state index contributed by atoms with van der Waals surface area (Å²) in [5.74, 6) is -0.501. The van der Waals surface area contributed by atoms with Gasteiger partial charge in [-0.05, 0) is 12.1 Å². The summed E-state index contributed by atoms with van der Waals surface area (Å²) in [6, 6.07) is 5.96. The van der Waals surface area contributed by atoms with Gasteiger partial charge >= 0.3 is 5.97 Å². The molecule has 1 atom stereocenters. The monoisotopic (exact) mass is 202 g/mol. The van der Waals surface area contributed by atoms with E-state index < -0.39 is 11.6 Å². The third-order valence-electron chi connectivity index (χ3n) is 1.56. The summed E-state index contributed by atoms with van der Waals surface area (Å²) in [4.78, 5) is 11.0. The highest BCUT2D eigenvalue weighted by atomic mass is 35.5. The van der Waals surface area contributed by atoms with Gasteiger partial charge in [0, 0.05) is 5.56 Å². The van der Waals surface area contributed by atoms with Crippen molar-refractivity contribution in [1.82, 2.24) is 0 Å². The highest BCUT2D eigenvalue weighted by Gasteiger charge is 2.09. The van der Waals surface area contributed by atoms with Gasteiger partial charge in [0.25, 0.3) is 0 Å². The van der Waals surface area contributed by atoms with Gasteiger partial charge in [0.2, 0.25) is 0 Å². The van der Waals surface area contributed by atoms with Gasteiger partial charge in [-0.1, -0.05) is 23.7 Å². The number of hydrogen-bond donors (Lipinski definition) is 0. The van der Waals surface area contributed by atoms with E-state index >= 15 is 0 Å². The number of hydrogen-bond acceptors (Lipinski definition) is 2. The molecule has 2 nitrogen and oxygen atoms in total. The lowest BCUT2D eigenvalue weighted by Crippen LogP contribution is -2.01. The molecule has 0 heterocycles. The van der Waals surface area contributed by atoms with E-state index in [1.807, 2.05) is 0 Å². The zero-order chi connectivity index (χ0) is 9.84. The van der Waals surface area contributed by atoms with Crippen molar-refractivity contribution in [2.45, 2.75) is 5.63 Å². The van der Waals surface area contributed by atoms with Gasteiger partial charge in [0.05, 0.1) is 12.7 Å². The van der Waals surface area contributed by atoms with Gasteiger partial charge in [0.1, 0.15) is 0 Å². The normalized spacial score (nSPS) is 12.2. The van der Waals surface area contributed by atoms with E-state index in [0.717, 1.165) is 0 Å². The maximum absolute atomic E-state index is 12.6. The molecule has 0 amide bonds. The van der Waals surface area contributed by atoms with E-state index in [9.17, 15) is 9.18 Å². The number of carbonyl (C=O) groups excluding carboxylic acids is 1. The Bertz CT molecular complexity index is 312. The SMILES string of the molecule is COC(=O)c1cccc(C(F)Cl)c1. The Morgan fingerprint density at radius 1 is 1.62 bits per heavy atom. The fourth-order valence-corrected chi connectivity index (χ4v) is 1.05. The van der Waals surface area contributed by atoms with Crippen molar-refractivity contribution in [2.24, 2.45) is 0 Å². The Morgan fingerprint density at radius 2 is 2.31 bits per heavy atom. The van der Waals surface area contributed by atoms with Crippen LogP contribution in [0.2, 0.25) is 0 Å². The molecule has 0 aliphatic rings. The van der Waals surface area contributed by atoms with Gasteiger partial charge in [-0.3, -0.25) is 0 Å². The molecule has 1 aromatic rings. The summed E-state index contributed by atoms with van der Waals surface area (Å²) in [5, 5.41) is 0. The third kappa shape index (κ3) is 2.42. The number of carbonyl (C=O) groups is 1. The highest BCUT2D eigenvalue weighted by molar-refractivity contribution is 6.19. The number of rotatable bonds is 2. The summed E-state index contributed by atoms with van der Waals surface area (Å²) < 4.78 is 17.1. The molecule has 0 spiro atoms. The Hall–Kier alpha value is -1.09. The molecule has 0 aliphatic carbocycles. The number of ether oxygens (including phenoxy) is 1. The minimum atomic E-state index is -1.59. The first-order valence-electron chi connectivity index (χ1n) is 3.61. The Morgan fingerprint density at radius 3 is 2.85 bits per heavy atom. The van der Waals surface area contributed by atoms with Gasteiger partial charge < -0.3 is 4.74 Å². The average molecular weight is 203 g/mol. The quantitative estimate of drug-likeness (QED) is 0.545. The topological polar surface area (TPSA) is 26.3 Å². The smallest absolute Gasteiger partial charge is 0.337 e. The first-order chi connectivity index (χ1) is 6.15. The fourth-order valence-electron chi connectivity index (χ4n) is 0.919. The second kappa shape index (κ2) is 4.23. The number of esters is 1. The van der Waals surface area contributed by atoms with Crippen molar-refractivity contribution >= 4 is 17.6 Å². The van der Waals surface area contributed by atoms with E-state index in [4.69, 9.17) is 11.6 Å². The van der Waals surface area contributed by atoms with Crippen molar-refractivity contribution < 1.29 is 13.9 Å². The molecule has 70 valence electrons. The summed E-state index contributed by atoms with van der Waals surface area (Å²) in [6.45, 7) is 0. The highest BCUT2D eigenvalue weighted by Crippen LogP contribution is 2.22. The molecule has 0 saturated heterocycles. The molecule has 0 aromatic heterocycles. The van der Waals surface area contributed by atoms with E-state index in [0.29, 0.717) is 5.56 Å². The molecular formula is C9H8ClFO2. The van der Waals surface area contributed by atoms with Crippen LogP contribution >= 0.6 is 11.6 Å². The van der Waals surface area contributed by atoms with Crippen LogP contribution in [0, 0.1) is 0 Å². The molecule has 4 heteroatoms. The number of methoxy groups -OCH3 is 1. The number of benzene rings is 1. The van der Waals surface area contributed by atoms with E-state index in [2.05, 4.69) is 4.74 Å². The zero-order valence-electron chi connectivity index (χ0n) is 6.96. The van der Waals surface area contributed by atoms with Crippen molar-refractivity contribution in [3.8, 4) is 0 Å².